The van der Waals surface area contributed by atoms with Gasteiger partial charge in [0.25, 0.3) is 0 Å². The van der Waals surface area contributed by atoms with Crippen LogP contribution in [0.15, 0.2) is 30.3 Å². The molecular weight excluding hydrogens is 520 g/mol. The predicted octanol–water partition coefficient (Wildman–Crippen LogP) is 9.85. The average molecular weight is 572 g/mol. The van der Waals surface area contributed by atoms with Gasteiger partial charge >= 0.3 is 5.97 Å². The largest absolute Gasteiger partial charge is 0.459 e. The number of hydrogen-bond acceptors (Lipinski definition) is 2. The zero-order valence-corrected chi connectivity index (χ0v) is 25.7. The fourth-order valence-corrected chi connectivity index (χ4v) is 11.2. The summed E-state index contributed by atoms with van der Waals surface area (Å²) in [6.07, 6.45) is 15.7. The van der Waals surface area contributed by atoms with Crippen molar-refractivity contribution in [2.24, 2.45) is 46.3 Å². The van der Waals surface area contributed by atoms with Gasteiger partial charge in [0.1, 0.15) is 6.10 Å². The lowest BCUT2D eigenvalue weighted by Gasteiger charge is -2.64. The minimum absolute atomic E-state index is 0.0214. The number of halogens is 1. The van der Waals surface area contributed by atoms with Gasteiger partial charge in [-0.3, -0.25) is 0 Å². The van der Waals surface area contributed by atoms with E-state index in [1.807, 2.05) is 30.3 Å². The van der Waals surface area contributed by atoms with E-state index in [-0.39, 0.29) is 16.4 Å². The molecule has 0 N–H and O–H groups in total. The van der Waals surface area contributed by atoms with Gasteiger partial charge in [-0.2, -0.15) is 0 Å². The van der Waals surface area contributed by atoms with Gasteiger partial charge in [-0.15, -0.1) is 0 Å². The van der Waals surface area contributed by atoms with E-state index in [0.29, 0.717) is 16.4 Å². The van der Waals surface area contributed by atoms with Crippen LogP contribution in [0.5, 0.6) is 0 Å². The van der Waals surface area contributed by atoms with Crippen molar-refractivity contribution in [3.63, 3.8) is 0 Å². The third-order valence-corrected chi connectivity index (χ3v) is 13.8. The summed E-state index contributed by atoms with van der Waals surface area (Å²) in [5.41, 5.74) is 1.51. The highest BCUT2D eigenvalue weighted by Gasteiger charge is 2.64. The van der Waals surface area contributed by atoms with Gasteiger partial charge in [0.05, 0.1) is 5.56 Å². The van der Waals surface area contributed by atoms with Crippen molar-refractivity contribution in [3.05, 3.63) is 35.9 Å². The van der Waals surface area contributed by atoms with Gasteiger partial charge in [-0.1, -0.05) is 88.0 Å². The minimum atomic E-state index is -0.160. The molecule has 2 nitrogen and oxygen atoms in total. The SMILES string of the molecule is CC(C)CCC[C@H](C)[C@H]1CC[C@@H]2[C@H]3CC[C@]4(Br)C[C@@H](OC(=O)c5ccccc5)CC[C@]4(C)[C@H]3CC[C@@]21C. The highest BCUT2D eigenvalue weighted by Crippen LogP contribution is 2.71. The van der Waals surface area contributed by atoms with Gasteiger partial charge < -0.3 is 4.74 Å². The Morgan fingerprint density at radius 3 is 2.43 bits per heavy atom. The van der Waals surface area contributed by atoms with E-state index < -0.39 is 0 Å². The van der Waals surface area contributed by atoms with Gasteiger partial charge in [-0.25, -0.2) is 4.79 Å². The summed E-state index contributed by atoms with van der Waals surface area (Å²) in [6.45, 7) is 12.6. The molecule has 1 aromatic carbocycles. The summed E-state index contributed by atoms with van der Waals surface area (Å²) in [5.74, 6) is 5.05. The third kappa shape index (κ3) is 4.98. The van der Waals surface area contributed by atoms with Crippen molar-refractivity contribution < 1.29 is 9.53 Å². The zero-order valence-electron chi connectivity index (χ0n) is 24.1. The highest BCUT2D eigenvalue weighted by atomic mass is 79.9. The minimum Gasteiger partial charge on any atom is -0.459 e. The van der Waals surface area contributed by atoms with Gasteiger partial charge in [-0.05, 0) is 110 Å². The van der Waals surface area contributed by atoms with Crippen molar-refractivity contribution in [2.45, 2.75) is 122 Å². The molecule has 0 aromatic heterocycles. The summed E-state index contributed by atoms with van der Waals surface area (Å²) < 4.78 is 6.17. The molecule has 0 aliphatic heterocycles. The molecule has 0 saturated heterocycles. The quantitative estimate of drug-likeness (QED) is 0.241. The first kappa shape index (κ1) is 27.7. The molecule has 9 atom stereocenters. The standard InChI is InChI=1S/C34H51BrO2/c1-23(2)10-9-11-24(3)28-14-15-29-27-17-21-34(35)22-26(37-31(36)25-12-7-6-8-13-25)16-20-33(34,5)30(27)18-19-32(28,29)4/h6-8,12-13,23-24,26-30H,9-11,14-22H2,1-5H3/t24-,26-,27+,28+,29+,30-,32+,33+,34-/m0/s1. The Hall–Kier alpha value is -0.830. The topological polar surface area (TPSA) is 26.3 Å². The van der Waals surface area contributed by atoms with E-state index in [4.69, 9.17) is 4.74 Å². The molecule has 3 heteroatoms. The van der Waals surface area contributed by atoms with Gasteiger partial charge in [0.15, 0.2) is 0 Å². The Morgan fingerprint density at radius 2 is 1.70 bits per heavy atom. The number of esters is 1. The number of alkyl halides is 1. The summed E-state index contributed by atoms with van der Waals surface area (Å²) in [5, 5.41) is 0. The van der Waals surface area contributed by atoms with Gasteiger partial charge in [0, 0.05) is 10.7 Å². The number of ether oxygens (including phenoxy) is 1. The number of benzene rings is 1. The third-order valence-electron chi connectivity index (χ3n) is 12.2. The molecule has 0 heterocycles. The molecule has 5 rings (SSSR count). The maximum atomic E-state index is 12.8. The smallest absolute Gasteiger partial charge is 0.338 e. The van der Waals surface area contributed by atoms with Crippen LogP contribution in [0.1, 0.15) is 122 Å². The van der Waals surface area contributed by atoms with Crippen LogP contribution in [0.25, 0.3) is 0 Å². The molecule has 4 aliphatic carbocycles. The number of carbonyl (C=O) groups is 1. The molecule has 0 radical (unpaired) electrons. The van der Waals surface area contributed by atoms with Crippen LogP contribution in [0.3, 0.4) is 0 Å². The van der Waals surface area contributed by atoms with Crippen LogP contribution in [-0.4, -0.2) is 16.4 Å². The lowest BCUT2D eigenvalue weighted by molar-refractivity contribution is -0.116. The zero-order chi connectivity index (χ0) is 26.4. The van der Waals surface area contributed by atoms with Gasteiger partial charge in [0.2, 0.25) is 0 Å². The van der Waals surface area contributed by atoms with Crippen LogP contribution < -0.4 is 0 Å². The second-order valence-corrected chi connectivity index (χ2v) is 16.0. The lowest BCUT2D eigenvalue weighted by atomic mass is 9.44. The predicted molar refractivity (Wildman–Crippen MR) is 157 cm³/mol. The maximum Gasteiger partial charge on any atom is 0.338 e. The lowest BCUT2D eigenvalue weighted by Crippen LogP contribution is -2.60. The van der Waals surface area contributed by atoms with Crippen molar-refractivity contribution >= 4 is 21.9 Å². The van der Waals surface area contributed by atoms with E-state index in [2.05, 4.69) is 50.5 Å². The van der Waals surface area contributed by atoms with E-state index >= 15 is 0 Å². The molecule has 206 valence electrons. The summed E-state index contributed by atoms with van der Waals surface area (Å²) in [4.78, 5) is 12.8. The molecule has 4 fully saturated rings. The molecule has 4 aliphatic rings. The Balaban J connectivity index is 1.26. The van der Waals surface area contributed by atoms with Crippen LogP contribution in [-0.2, 0) is 4.74 Å². The molecule has 0 unspecified atom stereocenters. The molecule has 37 heavy (non-hydrogen) atoms. The monoisotopic (exact) mass is 570 g/mol. The maximum absolute atomic E-state index is 12.8. The van der Waals surface area contributed by atoms with Crippen molar-refractivity contribution in [1.29, 1.82) is 0 Å². The fraction of sp³-hybridized carbons (Fsp3) is 0.794. The fourth-order valence-electron chi connectivity index (χ4n) is 10.1. The first-order valence-corrected chi connectivity index (χ1v) is 16.3. The summed E-state index contributed by atoms with van der Waals surface area (Å²) in [7, 11) is 0. The van der Waals surface area contributed by atoms with E-state index in [1.165, 1.54) is 64.2 Å². The second-order valence-electron chi connectivity index (χ2n) is 14.5. The normalized spacial score (nSPS) is 42.0. The molecular formula is C34H51BrO2. The number of hydrogen-bond donors (Lipinski definition) is 0. The van der Waals surface area contributed by atoms with Crippen LogP contribution in [0.4, 0.5) is 0 Å². The molecule has 0 spiro atoms. The summed E-state index contributed by atoms with van der Waals surface area (Å²) in [6, 6.07) is 9.51. The number of rotatable bonds is 7. The first-order chi connectivity index (χ1) is 17.6. The van der Waals surface area contributed by atoms with Crippen LogP contribution in [0.2, 0.25) is 0 Å². The van der Waals surface area contributed by atoms with Crippen molar-refractivity contribution in [2.75, 3.05) is 0 Å². The number of carbonyl (C=O) groups excluding carboxylic acids is 1. The Labute approximate surface area is 235 Å². The molecule has 4 saturated carbocycles. The average Bonchev–Trinajstić information content (AvgIpc) is 3.22. The van der Waals surface area contributed by atoms with Crippen molar-refractivity contribution in [1.82, 2.24) is 0 Å². The summed E-state index contributed by atoms with van der Waals surface area (Å²) >= 11 is 4.35. The first-order valence-electron chi connectivity index (χ1n) is 15.5. The van der Waals surface area contributed by atoms with E-state index in [9.17, 15) is 4.79 Å². The number of fused-ring (bicyclic) bond motifs is 5. The molecule has 1 aromatic rings. The van der Waals surface area contributed by atoms with Crippen molar-refractivity contribution in [3.8, 4) is 0 Å². The van der Waals surface area contributed by atoms with E-state index in [0.717, 1.165) is 48.3 Å². The van der Waals surface area contributed by atoms with Crippen LogP contribution in [0, 0.1) is 46.3 Å². The Kier molecular flexibility index (Phi) is 7.96. The molecule has 0 amide bonds. The van der Waals surface area contributed by atoms with Crippen LogP contribution >= 0.6 is 15.9 Å². The molecule has 0 bridgehead atoms. The second kappa shape index (κ2) is 10.6. The Morgan fingerprint density at radius 1 is 0.946 bits per heavy atom. The highest BCUT2D eigenvalue weighted by molar-refractivity contribution is 9.10. The Bertz CT molecular complexity index is 944. The van der Waals surface area contributed by atoms with E-state index in [1.54, 1.807) is 0 Å².